The van der Waals surface area contributed by atoms with Crippen molar-refractivity contribution in [3.8, 4) is 28.4 Å². The molecular weight excluding hydrogens is 566 g/mol. The number of anilines is 3. The van der Waals surface area contributed by atoms with Crippen LogP contribution in [-0.4, -0.2) is 55.0 Å². The van der Waals surface area contributed by atoms with Crippen LogP contribution in [0.1, 0.15) is 11.1 Å². The molecule has 0 unspecified atom stereocenters. The molecule has 5 aromatic rings. The maximum absolute atomic E-state index is 9.12. The normalized spacial score (nSPS) is 11.0. The van der Waals surface area contributed by atoms with Crippen molar-refractivity contribution in [3.05, 3.63) is 132 Å². The Morgan fingerprint density at radius 2 is 0.689 bits per heavy atom. The van der Waals surface area contributed by atoms with Gasteiger partial charge in [-0.3, -0.25) is 0 Å². The Bertz CT molecular complexity index is 1620. The molecule has 230 valence electrons. The van der Waals surface area contributed by atoms with E-state index in [2.05, 4.69) is 65.6 Å². The molecule has 45 heavy (non-hydrogen) atoms. The number of benzene rings is 5. The number of hydrogen-bond donors (Lipinski definition) is 3. The Labute approximate surface area is 263 Å². The zero-order valence-electron chi connectivity index (χ0n) is 25.0. The first kappa shape index (κ1) is 31.3. The van der Waals surface area contributed by atoms with Crippen LogP contribution in [0.4, 0.5) is 17.1 Å². The molecule has 0 fully saturated rings. The minimum atomic E-state index is -0.0379. The lowest BCUT2D eigenvalue weighted by molar-refractivity contribution is 0.201. The molecule has 0 heterocycles. The van der Waals surface area contributed by atoms with Crippen LogP contribution >= 0.6 is 0 Å². The molecule has 5 rings (SSSR count). The summed E-state index contributed by atoms with van der Waals surface area (Å²) in [5, 5.41) is 27.1. The predicted octanol–water partition coefficient (Wildman–Crippen LogP) is 7.11. The topological polar surface area (TPSA) is 91.6 Å². The Balaban J connectivity index is 1.37. The number of aliphatic hydroxyl groups is 3. The van der Waals surface area contributed by atoms with Gasteiger partial charge in [0.25, 0.3) is 0 Å². The van der Waals surface area contributed by atoms with E-state index in [0.29, 0.717) is 5.75 Å². The Morgan fingerprint density at radius 3 is 1.09 bits per heavy atom. The summed E-state index contributed by atoms with van der Waals surface area (Å²) in [5.74, 6) is 2.15. The lowest BCUT2D eigenvalue weighted by atomic mass is 10.0. The third kappa shape index (κ3) is 8.74. The second-order valence-corrected chi connectivity index (χ2v) is 10.1. The van der Waals surface area contributed by atoms with Gasteiger partial charge in [0.15, 0.2) is 0 Å². The average molecular weight is 604 g/mol. The van der Waals surface area contributed by atoms with Crippen LogP contribution in [0.2, 0.25) is 0 Å². The minimum Gasteiger partial charge on any atom is -0.491 e. The summed E-state index contributed by atoms with van der Waals surface area (Å²) in [4.78, 5) is 2.18. The Kier molecular flexibility index (Phi) is 11.2. The fourth-order valence-corrected chi connectivity index (χ4v) is 4.78. The molecule has 0 saturated carbocycles. The molecule has 5 aromatic carbocycles. The lowest BCUT2D eigenvalue weighted by Gasteiger charge is -2.26. The van der Waals surface area contributed by atoms with Crippen molar-refractivity contribution in [2.75, 3.05) is 44.5 Å². The smallest absolute Gasteiger partial charge is 0.119 e. The van der Waals surface area contributed by atoms with Crippen LogP contribution in [0.3, 0.4) is 0 Å². The molecular formula is C38H37NO6. The maximum Gasteiger partial charge on any atom is 0.119 e. The van der Waals surface area contributed by atoms with Gasteiger partial charge in [-0.1, -0.05) is 60.7 Å². The van der Waals surface area contributed by atoms with Crippen LogP contribution in [0.5, 0.6) is 17.2 Å². The summed E-state index contributed by atoms with van der Waals surface area (Å²) in [6, 6.07) is 40.2. The monoisotopic (exact) mass is 603 g/mol. The van der Waals surface area contributed by atoms with Crippen molar-refractivity contribution in [2.45, 2.75) is 0 Å². The standard InChI is InChI=1S/C38H37NO6/c40-23-26-43-36-17-5-30(6-18-36)2-1-29-3-11-33(12-4-29)39(35-15-21-38(22-16-35)45-28-25-42)34-13-7-31(8-14-34)32-9-19-37(20-10-32)44-27-24-41/h1-22,40-42H,23-28H2. The van der Waals surface area contributed by atoms with E-state index in [9.17, 15) is 0 Å². The van der Waals surface area contributed by atoms with Crippen molar-refractivity contribution < 1.29 is 29.5 Å². The summed E-state index contributed by atoms with van der Waals surface area (Å²) >= 11 is 0. The van der Waals surface area contributed by atoms with Crippen molar-refractivity contribution in [1.82, 2.24) is 0 Å². The quantitative estimate of drug-likeness (QED) is 0.110. The van der Waals surface area contributed by atoms with E-state index < -0.39 is 0 Å². The fourth-order valence-electron chi connectivity index (χ4n) is 4.78. The van der Waals surface area contributed by atoms with E-state index in [1.165, 1.54) is 0 Å². The third-order valence-electron chi connectivity index (χ3n) is 6.99. The van der Waals surface area contributed by atoms with Crippen LogP contribution in [0.15, 0.2) is 121 Å². The van der Waals surface area contributed by atoms with Gasteiger partial charge in [-0.15, -0.1) is 0 Å². The van der Waals surface area contributed by atoms with Gasteiger partial charge >= 0.3 is 0 Å². The van der Waals surface area contributed by atoms with Crippen molar-refractivity contribution in [1.29, 1.82) is 0 Å². The molecule has 7 heteroatoms. The molecule has 0 aromatic heterocycles. The zero-order chi connectivity index (χ0) is 31.3. The fraction of sp³-hybridized carbons (Fsp3) is 0.158. The second-order valence-electron chi connectivity index (χ2n) is 10.1. The zero-order valence-corrected chi connectivity index (χ0v) is 25.0. The second kappa shape index (κ2) is 16.1. The van der Waals surface area contributed by atoms with E-state index in [0.717, 1.165) is 50.8 Å². The maximum atomic E-state index is 9.12. The van der Waals surface area contributed by atoms with Crippen molar-refractivity contribution in [2.24, 2.45) is 0 Å². The van der Waals surface area contributed by atoms with Gasteiger partial charge < -0.3 is 34.4 Å². The molecule has 0 aliphatic heterocycles. The molecule has 0 spiro atoms. The molecule has 7 nitrogen and oxygen atoms in total. The number of hydrogen-bond acceptors (Lipinski definition) is 7. The van der Waals surface area contributed by atoms with E-state index >= 15 is 0 Å². The van der Waals surface area contributed by atoms with E-state index in [1.807, 2.05) is 72.8 Å². The van der Waals surface area contributed by atoms with Crippen LogP contribution < -0.4 is 19.1 Å². The lowest BCUT2D eigenvalue weighted by Crippen LogP contribution is -2.10. The van der Waals surface area contributed by atoms with Gasteiger partial charge in [0, 0.05) is 17.1 Å². The molecule has 0 aliphatic carbocycles. The van der Waals surface area contributed by atoms with Gasteiger partial charge in [0.1, 0.15) is 37.1 Å². The van der Waals surface area contributed by atoms with E-state index in [1.54, 1.807) is 0 Å². The molecule has 0 radical (unpaired) electrons. The Morgan fingerprint density at radius 1 is 0.400 bits per heavy atom. The van der Waals surface area contributed by atoms with Crippen molar-refractivity contribution >= 4 is 29.2 Å². The first-order valence-electron chi connectivity index (χ1n) is 14.9. The highest BCUT2D eigenvalue weighted by Gasteiger charge is 2.13. The number of aliphatic hydroxyl groups excluding tert-OH is 3. The SMILES string of the molecule is OCCOc1ccc(C=Cc2ccc(N(c3ccc(OCCO)cc3)c3ccc(-c4ccc(OCCO)cc4)cc3)cc2)cc1. The summed E-state index contributed by atoms with van der Waals surface area (Å²) in [5.41, 5.74) is 7.22. The van der Waals surface area contributed by atoms with Gasteiger partial charge in [0.05, 0.1) is 19.8 Å². The molecule has 0 saturated heterocycles. The number of nitrogens with zero attached hydrogens (tertiary/aromatic N) is 1. The summed E-state index contributed by atoms with van der Waals surface area (Å²) in [6.45, 7) is 0.726. The molecule has 0 bridgehead atoms. The first-order chi connectivity index (χ1) is 22.2. The highest BCUT2D eigenvalue weighted by molar-refractivity contribution is 5.80. The predicted molar refractivity (Wildman–Crippen MR) is 180 cm³/mol. The number of ether oxygens (including phenoxy) is 3. The van der Waals surface area contributed by atoms with Gasteiger partial charge in [-0.05, 0) is 95.1 Å². The largest absolute Gasteiger partial charge is 0.491 e. The van der Waals surface area contributed by atoms with Crippen LogP contribution in [0.25, 0.3) is 23.3 Å². The molecule has 0 aliphatic rings. The van der Waals surface area contributed by atoms with Gasteiger partial charge in [-0.2, -0.15) is 0 Å². The Hall–Kier alpha value is -5.08. The van der Waals surface area contributed by atoms with Gasteiger partial charge in [-0.25, -0.2) is 0 Å². The highest BCUT2D eigenvalue weighted by Crippen LogP contribution is 2.37. The molecule has 0 amide bonds. The van der Waals surface area contributed by atoms with E-state index in [4.69, 9.17) is 29.5 Å². The van der Waals surface area contributed by atoms with Crippen LogP contribution in [-0.2, 0) is 0 Å². The molecule has 0 atom stereocenters. The van der Waals surface area contributed by atoms with Crippen molar-refractivity contribution in [3.63, 3.8) is 0 Å². The third-order valence-corrected chi connectivity index (χ3v) is 6.99. The highest BCUT2D eigenvalue weighted by atomic mass is 16.5. The summed E-state index contributed by atoms with van der Waals surface area (Å²) in [7, 11) is 0. The summed E-state index contributed by atoms with van der Waals surface area (Å²) in [6.07, 6.45) is 4.12. The average Bonchev–Trinajstić information content (AvgIpc) is 3.10. The minimum absolute atomic E-state index is 0.0113. The first-order valence-corrected chi connectivity index (χ1v) is 14.9. The van der Waals surface area contributed by atoms with E-state index in [-0.39, 0.29) is 39.6 Å². The van der Waals surface area contributed by atoms with Crippen LogP contribution in [0, 0.1) is 0 Å². The van der Waals surface area contributed by atoms with Gasteiger partial charge in [0.2, 0.25) is 0 Å². The molecule has 3 N–H and O–H groups in total. The number of rotatable bonds is 15. The summed E-state index contributed by atoms with van der Waals surface area (Å²) < 4.78 is 16.5.